The van der Waals surface area contributed by atoms with Crippen LogP contribution in [0.3, 0.4) is 0 Å². The van der Waals surface area contributed by atoms with Crippen LogP contribution in [0.25, 0.3) is 10.8 Å². The van der Waals surface area contributed by atoms with Crippen molar-refractivity contribution in [3.8, 4) is 11.5 Å². The highest BCUT2D eigenvalue weighted by molar-refractivity contribution is 5.83. The van der Waals surface area contributed by atoms with Crippen molar-refractivity contribution in [3.05, 3.63) is 71.8 Å². The summed E-state index contributed by atoms with van der Waals surface area (Å²) in [6, 6.07) is 14.5. The monoisotopic (exact) mass is 300 g/mol. The number of rotatable bonds is 4. The molecule has 0 bridgehead atoms. The number of ether oxygens (including phenoxy) is 2. The Bertz CT molecular complexity index is 815. The molecule has 0 N–H and O–H groups in total. The van der Waals surface area contributed by atoms with Gasteiger partial charge in [0.15, 0.2) is 0 Å². The largest absolute Gasteiger partial charge is 0.497 e. The Morgan fingerprint density at radius 2 is 1.55 bits per heavy atom. The van der Waals surface area contributed by atoms with E-state index < -0.39 is 0 Å². The second-order valence-electron chi connectivity index (χ2n) is 4.90. The van der Waals surface area contributed by atoms with Gasteiger partial charge in [0.2, 0.25) is 0 Å². The Balaban J connectivity index is 1.77. The minimum atomic E-state index is -0.373. The molecule has 0 aliphatic heterocycles. The van der Waals surface area contributed by atoms with Gasteiger partial charge in [0.25, 0.3) is 0 Å². The van der Waals surface area contributed by atoms with Gasteiger partial charge in [0.05, 0.1) is 7.11 Å². The van der Waals surface area contributed by atoms with Crippen LogP contribution in [0.1, 0.15) is 5.56 Å². The molecule has 0 heterocycles. The van der Waals surface area contributed by atoms with E-state index >= 15 is 0 Å². The average Bonchev–Trinajstić information content (AvgIpc) is 2.53. The molecule has 3 rings (SSSR count). The highest BCUT2D eigenvalue weighted by Gasteiger charge is 2.06. The molecule has 0 spiro atoms. The van der Waals surface area contributed by atoms with Gasteiger partial charge in [-0.05, 0) is 47.2 Å². The van der Waals surface area contributed by atoms with Gasteiger partial charge in [-0.1, -0.05) is 12.1 Å². The maximum atomic E-state index is 13.8. The van der Waals surface area contributed by atoms with E-state index in [1.807, 2.05) is 0 Å². The summed E-state index contributed by atoms with van der Waals surface area (Å²) in [5.41, 5.74) is 0.444. The molecule has 0 atom stereocenters. The Morgan fingerprint density at radius 1 is 0.818 bits per heavy atom. The van der Waals surface area contributed by atoms with Crippen LogP contribution in [0.4, 0.5) is 8.78 Å². The van der Waals surface area contributed by atoms with Crippen molar-refractivity contribution >= 4 is 10.8 Å². The van der Waals surface area contributed by atoms with Crippen molar-refractivity contribution in [2.45, 2.75) is 6.61 Å². The molecule has 0 fully saturated rings. The topological polar surface area (TPSA) is 18.5 Å². The first-order valence-corrected chi connectivity index (χ1v) is 6.80. The summed E-state index contributed by atoms with van der Waals surface area (Å²) >= 11 is 0. The molecule has 112 valence electrons. The van der Waals surface area contributed by atoms with Crippen LogP contribution in [0.2, 0.25) is 0 Å². The SMILES string of the molecule is COc1ccc(COc2ccc3cc(F)ccc3c2)c(F)c1. The molecule has 0 aliphatic carbocycles. The van der Waals surface area contributed by atoms with Gasteiger partial charge in [-0.3, -0.25) is 0 Å². The van der Waals surface area contributed by atoms with Crippen molar-refractivity contribution < 1.29 is 18.3 Å². The highest BCUT2D eigenvalue weighted by atomic mass is 19.1. The van der Waals surface area contributed by atoms with E-state index in [1.165, 1.54) is 25.3 Å². The van der Waals surface area contributed by atoms with Gasteiger partial charge in [-0.15, -0.1) is 0 Å². The fourth-order valence-electron chi connectivity index (χ4n) is 2.22. The summed E-state index contributed by atoms with van der Waals surface area (Å²) in [4.78, 5) is 0. The molecule has 3 aromatic rings. The summed E-state index contributed by atoms with van der Waals surface area (Å²) in [6.07, 6.45) is 0. The van der Waals surface area contributed by atoms with Crippen LogP contribution in [-0.2, 0) is 6.61 Å². The molecule has 2 nitrogen and oxygen atoms in total. The second-order valence-corrected chi connectivity index (χ2v) is 4.90. The maximum Gasteiger partial charge on any atom is 0.133 e. The van der Waals surface area contributed by atoms with Gasteiger partial charge in [0, 0.05) is 11.6 Å². The van der Waals surface area contributed by atoms with Gasteiger partial charge in [-0.25, -0.2) is 8.78 Å². The predicted molar refractivity (Wildman–Crippen MR) is 81.2 cm³/mol. The van der Waals surface area contributed by atoms with E-state index in [-0.39, 0.29) is 18.2 Å². The normalized spacial score (nSPS) is 10.7. The summed E-state index contributed by atoms with van der Waals surface area (Å²) in [5.74, 6) is 0.423. The lowest BCUT2D eigenvalue weighted by atomic mass is 10.1. The second kappa shape index (κ2) is 6.02. The lowest BCUT2D eigenvalue weighted by molar-refractivity contribution is 0.299. The van der Waals surface area contributed by atoms with E-state index in [4.69, 9.17) is 9.47 Å². The number of hydrogen-bond acceptors (Lipinski definition) is 2. The third-order valence-electron chi connectivity index (χ3n) is 3.43. The summed E-state index contributed by atoms with van der Waals surface area (Å²) < 4.78 is 37.5. The zero-order chi connectivity index (χ0) is 15.5. The lowest BCUT2D eigenvalue weighted by Gasteiger charge is -2.09. The van der Waals surface area contributed by atoms with Crippen LogP contribution in [0, 0.1) is 11.6 Å². The molecule has 22 heavy (non-hydrogen) atoms. The first kappa shape index (κ1) is 14.3. The fourth-order valence-corrected chi connectivity index (χ4v) is 2.22. The van der Waals surface area contributed by atoms with E-state index in [0.29, 0.717) is 17.1 Å². The Morgan fingerprint density at radius 3 is 2.32 bits per heavy atom. The molecule has 0 unspecified atom stereocenters. The third kappa shape index (κ3) is 3.01. The van der Waals surface area contributed by atoms with Crippen LogP contribution in [0.5, 0.6) is 11.5 Å². The molecule has 0 radical (unpaired) electrons. The van der Waals surface area contributed by atoms with Crippen LogP contribution in [-0.4, -0.2) is 7.11 Å². The predicted octanol–water partition coefficient (Wildman–Crippen LogP) is 4.71. The van der Waals surface area contributed by atoms with E-state index in [1.54, 1.807) is 36.4 Å². The number of fused-ring (bicyclic) bond motifs is 1. The first-order valence-electron chi connectivity index (χ1n) is 6.80. The average molecular weight is 300 g/mol. The quantitative estimate of drug-likeness (QED) is 0.695. The summed E-state index contributed by atoms with van der Waals surface area (Å²) in [5, 5.41) is 1.66. The van der Waals surface area contributed by atoms with Gasteiger partial charge in [-0.2, -0.15) is 0 Å². The third-order valence-corrected chi connectivity index (χ3v) is 3.43. The molecule has 0 aliphatic rings. The van der Waals surface area contributed by atoms with Crippen LogP contribution < -0.4 is 9.47 Å². The van der Waals surface area contributed by atoms with E-state index in [9.17, 15) is 8.78 Å². The smallest absolute Gasteiger partial charge is 0.133 e. The Kier molecular flexibility index (Phi) is 3.92. The molecular weight excluding hydrogens is 286 g/mol. The van der Waals surface area contributed by atoms with E-state index in [2.05, 4.69) is 0 Å². The lowest BCUT2D eigenvalue weighted by Crippen LogP contribution is -1.99. The summed E-state index contributed by atoms with van der Waals surface area (Å²) in [6.45, 7) is 0.114. The first-order chi connectivity index (χ1) is 10.7. The van der Waals surface area contributed by atoms with Crippen LogP contribution in [0.15, 0.2) is 54.6 Å². The number of hydrogen-bond donors (Lipinski definition) is 0. The van der Waals surface area contributed by atoms with Crippen molar-refractivity contribution in [2.24, 2.45) is 0 Å². The molecular formula is C18H14F2O2. The molecule has 0 aromatic heterocycles. The van der Waals surface area contributed by atoms with Crippen molar-refractivity contribution in [3.63, 3.8) is 0 Å². The highest BCUT2D eigenvalue weighted by Crippen LogP contribution is 2.23. The Hall–Kier alpha value is -2.62. The van der Waals surface area contributed by atoms with Crippen LogP contribution >= 0.6 is 0 Å². The number of benzene rings is 3. The zero-order valence-electron chi connectivity index (χ0n) is 12.0. The Labute approximate surface area is 126 Å². The zero-order valence-corrected chi connectivity index (χ0v) is 12.0. The van der Waals surface area contributed by atoms with Crippen molar-refractivity contribution in [2.75, 3.05) is 7.11 Å². The molecule has 4 heteroatoms. The number of methoxy groups -OCH3 is 1. The standard InChI is InChI=1S/C18H14F2O2/c1-21-16-6-4-14(18(20)10-16)11-22-17-7-3-12-8-15(19)5-2-13(12)9-17/h2-10H,11H2,1H3. The minimum Gasteiger partial charge on any atom is -0.497 e. The molecule has 0 saturated carbocycles. The van der Waals surface area contributed by atoms with E-state index in [0.717, 1.165) is 10.8 Å². The maximum absolute atomic E-state index is 13.8. The minimum absolute atomic E-state index is 0.114. The fraction of sp³-hybridized carbons (Fsp3) is 0.111. The van der Waals surface area contributed by atoms with Crippen molar-refractivity contribution in [1.29, 1.82) is 0 Å². The van der Waals surface area contributed by atoms with Gasteiger partial charge in [0.1, 0.15) is 29.7 Å². The van der Waals surface area contributed by atoms with Gasteiger partial charge < -0.3 is 9.47 Å². The summed E-state index contributed by atoms with van der Waals surface area (Å²) in [7, 11) is 1.49. The molecule has 0 saturated heterocycles. The number of halogens is 2. The van der Waals surface area contributed by atoms with Gasteiger partial charge >= 0.3 is 0 Å². The van der Waals surface area contributed by atoms with Crippen molar-refractivity contribution in [1.82, 2.24) is 0 Å². The molecule has 0 amide bonds. The molecule has 3 aromatic carbocycles.